The van der Waals surface area contributed by atoms with E-state index in [2.05, 4.69) is 12.2 Å². The van der Waals surface area contributed by atoms with E-state index in [-0.39, 0.29) is 5.91 Å². The lowest BCUT2D eigenvalue weighted by molar-refractivity contribution is -0.117. The van der Waals surface area contributed by atoms with Crippen LogP contribution in [0.4, 0.5) is 0 Å². The third-order valence-corrected chi connectivity index (χ3v) is 1.59. The minimum Gasteiger partial charge on any atom is -0.355 e. The third kappa shape index (κ3) is 4.59. The number of likely N-dealkylation sites (N-methyl/N-ethyl adjacent to an activating group) is 1. The van der Waals surface area contributed by atoms with Gasteiger partial charge in [-0.3, -0.25) is 4.79 Å². The Bertz CT molecular complexity index is 150. The van der Waals surface area contributed by atoms with Crippen LogP contribution < -0.4 is 5.32 Å². The molecule has 1 amide bonds. The maximum Gasteiger partial charge on any atom is 0.246 e. The Hall–Kier alpha value is -0.790. The predicted octanol–water partition coefficient (Wildman–Crippen LogP) is 1.87. The van der Waals surface area contributed by atoms with Crippen molar-refractivity contribution in [2.75, 3.05) is 7.05 Å². The summed E-state index contributed by atoms with van der Waals surface area (Å²) in [5, 5.41) is 2.58. The third-order valence-electron chi connectivity index (χ3n) is 1.59. The van der Waals surface area contributed by atoms with Crippen molar-refractivity contribution in [2.24, 2.45) is 0 Å². The van der Waals surface area contributed by atoms with Crippen molar-refractivity contribution >= 4 is 5.91 Å². The Labute approximate surface area is 68.7 Å². The molecule has 11 heavy (non-hydrogen) atoms. The highest BCUT2D eigenvalue weighted by Gasteiger charge is 1.97. The summed E-state index contributed by atoms with van der Waals surface area (Å²) in [5.41, 5.74) is 0.820. The van der Waals surface area contributed by atoms with E-state index in [1.165, 1.54) is 6.42 Å². The molecule has 0 bridgehead atoms. The molecule has 0 unspecified atom stereocenters. The van der Waals surface area contributed by atoms with Gasteiger partial charge in [0.1, 0.15) is 0 Å². The molecular formula is C9H17NO. The second-order valence-electron chi connectivity index (χ2n) is 2.61. The van der Waals surface area contributed by atoms with E-state index in [9.17, 15) is 4.79 Å². The summed E-state index contributed by atoms with van der Waals surface area (Å²) in [7, 11) is 1.65. The summed E-state index contributed by atoms with van der Waals surface area (Å²) >= 11 is 0. The van der Waals surface area contributed by atoms with Crippen molar-refractivity contribution in [3.63, 3.8) is 0 Å². The van der Waals surface area contributed by atoms with Gasteiger partial charge in [0.15, 0.2) is 0 Å². The first kappa shape index (κ1) is 10.2. The Morgan fingerprint density at radius 1 is 1.55 bits per heavy atom. The molecule has 2 heteroatoms. The minimum absolute atomic E-state index is 0.0288. The highest BCUT2D eigenvalue weighted by atomic mass is 16.1. The molecule has 0 aromatic rings. The van der Waals surface area contributed by atoms with Gasteiger partial charge >= 0.3 is 0 Å². The van der Waals surface area contributed by atoms with Crippen LogP contribution in [0.5, 0.6) is 0 Å². The van der Waals surface area contributed by atoms with E-state index in [1.807, 2.05) is 13.0 Å². The van der Waals surface area contributed by atoms with Crippen molar-refractivity contribution in [3.05, 3.63) is 11.6 Å². The van der Waals surface area contributed by atoms with Crippen LogP contribution in [0.3, 0.4) is 0 Å². The van der Waals surface area contributed by atoms with Crippen LogP contribution >= 0.6 is 0 Å². The van der Waals surface area contributed by atoms with Crippen molar-refractivity contribution in [2.45, 2.75) is 33.1 Å². The van der Waals surface area contributed by atoms with Crippen molar-refractivity contribution < 1.29 is 4.79 Å². The van der Waals surface area contributed by atoms with Crippen LogP contribution in [0.2, 0.25) is 0 Å². The van der Waals surface area contributed by atoms with Gasteiger partial charge < -0.3 is 5.32 Å². The fourth-order valence-corrected chi connectivity index (χ4v) is 0.813. The average molecular weight is 155 g/mol. The highest BCUT2D eigenvalue weighted by molar-refractivity contribution is 5.92. The maximum absolute atomic E-state index is 10.9. The topological polar surface area (TPSA) is 29.1 Å². The fourth-order valence-electron chi connectivity index (χ4n) is 0.813. The minimum atomic E-state index is 0.0288. The van der Waals surface area contributed by atoms with Gasteiger partial charge in [-0.25, -0.2) is 0 Å². The lowest BCUT2D eigenvalue weighted by Crippen LogP contribution is -2.18. The van der Waals surface area contributed by atoms with Crippen LogP contribution in [-0.4, -0.2) is 13.0 Å². The molecule has 0 heterocycles. The van der Waals surface area contributed by atoms with Gasteiger partial charge in [-0.1, -0.05) is 25.8 Å². The Morgan fingerprint density at radius 3 is 2.64 bits per heavy atom. The van der Waals surface area contributed by atoms with E-state index in [1.54, 1.807) is 7.05 Å². The van der Waals surface area contributed by atoms with E-state index < -0.39 is 0 Å². The normalized spacial score (nSPS) is 11.4. The molecule has 0 rings (SSSR count). The SMILES string of the molecule is CCCC/C=C(\C)C(=O)NC. The Morgan fingerprint density at radius 2 is 2.18 bits per heavy atom. The maximum atomic E-state index is 10.9. The summed E-state index contributed by atoms with van der Waals surface area (Å²) in [6, 6.07) is 0. The van der Waals surface area contributed by atoms with Crippen LogP contribution in [0.1, 0.15) is 33.1 Å². The molecule has 0 radical (unpaired) electrons. The molecule has 0 aromatic heterocycles. The first-order valence-corrected chi connectivity index (χ1v) is 4.11. The van der Waals surface area contributed by atoms with E-state index in [0.717, 1.165) is 18.4 Å². The average Bonchev–Trinajstić information content (AvgIpc) is 2.03. The van der Waals surface area contributed by atoms with Crippen LogP contribution in [-0.2, 0) is 4.79 Å². The zero-order valence-corrected chi connectivity index (χ0v) is 7.61. The Kier molecular flexibility index (Phi) is 5.53. The molecule has 1 N–H and O–H groups in total. The number of rotatable bonds is 4. The number of carbonyl (C=O) groups excluding carboxylic acids is 1. The predicted molar refractivity (Wildman–Crippen MR) is 47.3 cm³/mol. The number of hydrogen-bond acceptors (Lipinski definition) is 1. The van der Waals surface area contributed by atoms with Crippen molar-refractivity contribution in [1.82, 2.24) is 5.32 Å². The first-order chi connectivity index (χ1) is 5.22. The zero-order valence-electron chi connectivity index (χ0n) is 7.61. The van der Waals surface area contributed by atoms with Gasteiger partial charge in [0.05, 0.1) is 0 Å². The summed E-state index contributed by atoms with van der Waals surface area (Å²) in [5.74, 6) is 0.0288. The summed E-state index contributed by atoms with van der Waals surface area (Å²) in [4.78, 5) is 10.9. The number of amides is 1. The van der Waals surface area contributed by atoms with Gasteiger partial charge in [0.2, 0.25) is 5.91 Å². The Balaban J connectivity index is 3.71. The molecule has 0 saturated carbocycles. The lowest BCUT2D eigenvalue weighted by atomic mass is 10.2. The molecular weight excluding hydrogens is 138 g/mol. The number of carbonyl (C=O) groups is 1. The summed E-state index contributed by atoms with van der Waals surface area (Å²) in [6.07, 6.45) is 5.34. The molecule has 0 aromatic carbocycles. The number of unbranched alkanes of at least 4 members (excludes halogenated alkanes) is 2. The highest BCUT2D eigenvalue weighted by Crippen LogP contribution is 2.00. The van der Waals surface area contributed by atoms with Gasteiger partial charge in [-0.2, -0.15) is 0 Å². The van der Waals surface area contributed by atoms with Crippen molar-refractivity contribution in [1.29, 1.82) is 0 Å². The molecule has 0 fully saturated rings. The van der Waals surface area contributed by atoms with E-state index in [4.69, 9.17) is 0 Å². The molecule has 0 spiro atoms. The number of allylic oxidation sites excluding steroid dienone is 1. The number of nitrogens with one attached hydrogen (secondary N) is 1. The molecule has 64 valence electrons. The van der Waals surface area contributed by atoms with Crippen molar-refractivity contribution in [3.8, 4) is 0 Å². The van der Waals surface area contributed by atoms with Gasteiger partial charge in [0.25, 0.3) is 0 Å². The molecule has 2 nitrogen and oxygen atoms in total. The monoisotopic (exact) mass is 155 g/mol. The zero-order chi connectivity index (χ0) is 8.69. The summed E-state index contributed by atoms with van der Waals surface area (Å²) in [6.45, 7) is 3.98. The van der Waals surface area contributed by atoms with Crippen LogP contribution in [0.25, 0.3) is 0 Å². The molecule has 0 aliphatic rings. The van der Waals surface area contributed by atoms with Crippen LogP contribution in [0.15, 0.2) is 11.6 Å². The van der Waals surface area contributed by atoms with Gasteiger partial charge in [-0.05, 0) is 13.3 Å². The fraction of sp³-hybridized carbons (Fsp3) is 0.667. The molecule has 0 saturated heterocycles. The lowest BCUT2D eigenvalue weighted by Gasteiger charge is -1.97. The largest absolute Gasteiger partial charge is 0.355 e. The van der Waals surface area contributed by atoms with E-state index in [0.29, 0.717) is 0 Å². The second-order valence-corrected chi connectivity index (χ2v) is 2.61. The molecule has 0 aliphatic heterocycles. The number of hydrogen-bond donors (Lipinski definition) is 1. The van der Waals surface area contributed by atoms with Crippen LogP contribution in [0, 0.1) is 0 Å². The van der Waals surface area contributed by atoms with Gasteiger partial charge in [-0.15, -0.1) is 0 Å². The summed E-state index contributed by atoms with van der Waals surface area (Å²) < 4.78 is 0. The van der Waals surface area contributed by atoms with E-state index >= 15 is 0 Å². The second kappa shape index (κ2) is 5.96. The molecule has 0 aliphatic carbocycles. The quantitative estimate of drug-likeness (QED) is 0.487. The first-order valence-electron chi connectivity index (χ1n) is 4.11. The van der Waals surface area contributed by atoms with Gasteiger partial charge in [0, 0.05) is 12.6 Å². The smallest absolute Gasteiger partial charge is 0.246 e. The standard InChI is InChI=1S/C9H17NO/c1-4-5-6-7-8(2)9(11)10-3/h7H,4-6H2,1-3H3,(H,10,11)/b8-7+. The molecule has 0 atom stereocenters.